The maximum Gasteiger partial charge on any atom is 0.162 e. The lowest BCUT2D eigenvalue weighted by Crippen LogP contribution is -2.03. The Labute approximate surface area is 244 Å². The molecule has 41 heavy (non-hydrogen) atoms. The van der Waals surface area contributed by atoms with Crippen LogP contribution in [0.1, 0.15) is 11.4 Å². The summed E-state index contributed by atoms with van der Waals surface area (Å²) in [6.45, 7) is 4.22. The second-order valence-electron chi connectivity index (χ2n) is 9.97. The zero-order chi connectivity index (χ0) is 28.8. The predicted octanol–water partition coefficient (Wildman–Crippen LogP) is 8.52. The van der Waals surface area contributed by atoms with Crippen LogP contribution in [-0.2, 0) is 0 Å². The molecule has 0 bridgehead atoms. The van der Waals surface area contributed by atoms with Crippen molar-refractivity contribution in [3.05, 3.63) is 95.5 Å². The molecule has 0 amide bonds. The number of ether oxygens (including phenoxy) is 4. The van der Waals surface area contributed by atoms with Gasteiger partial charge in [-0.1, -0.05) is 23.7 Å². The smallest absolute Gasteiger partial charge is 0.162 e. The predicted molar refractivity (Wildman–Crippen MR) is 166 cm³/mol. The number of benzene rings is 3. The lowest BCUT2D eigenvalue weighted by Gasteiger charge is -2.20. The minimum atomic E-state index is 0.648. The summed E-state index contributed by atoms with van der Waals surface area (Å²) in [5.41, 5.74) is 8.40. The van der Waals surface area contributed by atoms with Crippen molar-refractivity contribution in [2.75, 3.05) is 28.4 Å². The molecule has 6 nitrogen and oxygen atoms in total. The van der Waals surface area contributed by atoms with Gasteiger partial charge in [0.05, 0.1) is 39.6 Å². The van der Waals surface area contributed by atoms with E-state index in [1.54, 1.807) is 28.4 Å². The third-order valence-corrected chi connectivity index (χ3v) is 7.95. The molecule has 0 radical (unpaired) electrons. The molecule has 0 aliphatic carbocycles. The van der Waals surface area contributed by atoms with Gasteiger partial charge in [-0.2, -0.15) is 0 Å². The number of aryl methyl sites for hydroxylation is 2. The highest BCUT2D eigenvalue weighted by atomic mass is 35.5. The summed E-state index contributed by atoms with van der Waals surface area (Å²) in [5.74, 6) is 2.65. The van der Waals surface area contributed by atoms with E-state index in [2.05, 4.69) is 77.7 Å². The molecule has 0 fully saturated rings. The van der Waals surface area contributed by atoms with Crippen LogP contribution < -0.4 is 18.9 Å². The van der Waals surface area contributed by atoms with Crippen molar-refractivity contribution >= 4 is 27.9 Å². The largest absolute Gasteiger partial charge is 0.493 e. The van der Waals surface area contributed by atoms with Gasteiger partial charge in [0.1, 0.15) is 0 Å². The van der Waals surface area contributed by atoms with Gasteiger partial charge < -0.3 is 27.9 Å². The van der Waals surface area contributed by atoms with Gasteiger partial charge in [-0.25, -0.2) is 0 Å². The fourth-order valence-corrected chi connectivity index (χ4v) is 5.86. The molecule has 6 rings (SSSR count). The van der Waals surface area contributed by atoms with Gasteiger partial charge in [0.25, 0.3) is 0 Å². The molecule has 0 unspecified atom stereocenters. The Hall–Kier alpha value is -4.55. The molecular formula is C34H31ClN2O4. The van der Waals surface area contributed by atoms with Gasteiger partial charge in [-0.05, 0) is 73.3 Å². The van der Waals surface area contributed by atoms with Gasteiger partial charge in [0.2, 0.25) is 0 Å². The number of hydrogen-bond donors (Lipinski definition) is 0. The first-order chi connectivity index (χ1) is 19.9. The molecule has 208 valence electrons. The molecule has 3 aromatic heterocycles. The van der Waals surface area contributed by atoms with Crippen LogP contribution in [0.2, 0.25) is 5.02 Å². The summed E-state index contributed by atoms with van der Waals surface area (Å²) < 4.78 is 27.4. The average Bonchev–Trinajstić information content (AvgIpc) is 3.55. The minimum Gasteiger partial charge on any atom is -0.493 e. The molecule has 0 atom stereocenters. The fourth-order valence-electron chi connectivity index (χ4n) is 5.74. The van der Waals surface area contributed by atoms with Crippen LogP contribution in [-0.4, -0.2) is 37.4 Å². The molecule has 0 saturated heterocycles. The van der Waals surface area contributed by atoms with Crippen molar-refractivity contribution in [2.24, 2.45) is 0 Å². The molecule has 0 aliphatic heterocycles. The lowest BCUT2D eigenvalue weighted by molar-refractivity contribution is 0.355. The van der Waals surface area contributed by atoms with Crippen molar-refractivity contribution in [3.63, 3.8) is 0 Å². The first kappa shape index (κ1) is 26.7. The molecule has 7 heteroatoms. The summed E-state index contributed by atoms with van der Waals surface area (Å²) >= 11 is 6.31. The molecular weight excluding hydrogens is 536 g/mol. The maximum atomic E-state index is 6.31. The number of fused-ring (bicyclic) bond motifs is 3. The van der Waals surface area contributed by atoms with Gasteiger partial charge in [0, 0.05) is 56.9 Å². The van der Waals surface area contributed by atoms with Crippen LogP contribution in [0.3, 0.4) is 0 Å². The number of halogens is 1. The lowest BCUT2D eigenvalue weighted by atomic mass is 9.94. The van der Waals surface area contributed by atoms with Crippen LogP contribution >= 0.6 is 11.6 Å². The van der Waals surface area contributed by atoms with Crippen molar-refractivity contribution in [3.8, 4) is 50.9 Å². The van der Waals surface area contributed by atoms with Crippen LogP contribution in [0, 0.1) is 13.8 Å². The quantitative estimate of drug-likeness (QED) is 0.194. The summed E-state index contributed by atoms with van der Waals surface area (Å²) in [5, 5.41) is 2.75. The Morgan fingerprint density at radius 2 is 1.22 bits per heavy atom. The van der Waals surface area contributed by atoms with Gasteiger partial charge in [-0.3, -0.25) is 0 Å². The normalized spacial score (nSPS) is 11.3. The Balaban J connectivity index is 1.82. The van der Waals surface area contributed by atoms with Crippen molar-refractivity contribution in [1.29, 1.82) is 0 Å². The van der Waals surface area contributed by atoms with Crippen molar-refractivity contribution < 1.29 is 18.9 Å². The summed E-state index contributed by atoms with van der Waals surface area (Å²) in [7, 11) is 6.64. The Morgan fingerprint density at radius 3 is 1.85 bits per heavy atom. The molecule has 3 heterocycles. The fraction of sp³-hybridized carbons (Fsp3) is 0.176. The summed E-state index contributed by atoms with van der Waals surface area (Å²) in [6, 6.07) is 22.5. The van der Waals surface area contributed by atoms with E-state index >= 15 is 0 Å². The zero-order valence-corrected chi connectivity index (χ0v) is 24.7. The van der Waals surface area contributed by atoms with E-state index < -0.39 is 0 Å². The number of methoxy groups -OCH3 is 4. The molecule has 0 aliphatic rings. The molecule has 0 N–H and O–H groups in total. The topological polar surface area (TPSA) is 46.3 Å². The van der Waals surface area contributed by atoms with E-state index in [0.29, 0.717) is 28.0 Å². The van der Waals surface area contributed by atoms with Crippen molar-refractivity contribution in [1.82, 2.24) is 8.97 Å². The standard InChI is InChI=1S/C34H31ClN2O4/c1-20-7-8-21(2)37(20)28-18-32(41-6)31(40-5)17-26(28)33-27(22-9-11-24(35)12-10-22)19-36-14-13-23-15-29(38-3)30(39-4)16-25(23)34(33)36/h7-19H,1-6H3. The third-order valence-electron chi connectivity index (χ3n) is 7.70. The number of nitrogens with zero attached hydrogens (tertiary/aromatic N) is 2. The van der Waals surface area contributed by atoms with E-state index in [0.717, 1.165) is 55.6 Å². The van der Waals surface area contributed by atoms with Crippen LogP contribution in [0.15, 0.2) is 79.1 Å². The molecule has 3 aromatic carbocycles. The highest BCUT2D eigenvalue weighted by molar-refractivity contribution is 6.30. The number of aromatic nitrogens is 2. The van der Waals surface area contributed by atoms with Crippen LogP contribution in [0.4, 0.5) is 0 Å². The van der Waals surface area contributed by atoms with Gasteiger partial charge in [-0.15, -0.1) is 0 Å². The molecule has 0 saturated carbocycles. The SMILES string of the molecule is COc1cc(-c2c(-c3ccc(Cl)cc3)cn3ccc4cc(OC)c(OC)cc4c23)c(-n2c(C)ccc2C)cc1OC. The van der Waals surface area contributed by atoms with Gasteiger partial charge in [0.15, 0.2) is 23.0 Å². The summed E-state index contributed by atoms with van der Waals surface area (Å²) in [6.07, 6.45) is 4.25. The Kier molecular flexibility index (Phi) is 6.80. The summed E-state index contributed by atoms with van der Waals surface area (Å²) in [4.78, 5) is 0. The number of hydrogen-bond acceptors (Lipinski definition) is 4. The average molecular weight is 567 g/mol. The van der Waals surface area contributed by atoms with E-state index in [4.69, 9.17) is 30.5 Å². The zero-order valence-electron chi connectivity index (χ0n) is 23.9. The maximum absolute atomic E-state index is 6.31. The highest BCUT2D eigenvalue weighted by Crippen LogP contribution is 2.47. The number of pyridine rings is 1. The Bertz CT molecular complexity index is 1900. The monoisotopic (exact) mass is 566 g/mol. The van der Waals surface area contributed by atoms with Gasteiger partial charge >= 0.3 is 0 Å². The first-order valence-corrected chi connectivity index (χ1v) is 13.6. The van der Waals surface area contributed by atoms with Crippen LogP contribution in [0.25, 0.3) is 44.2 Å². The second kappa shape index (κ2) is 10.5. The Morgan fingerprint density at radius 1 is 0.634 bits per heavy atom. The van der Waals surface area contributed by atoms with E-state index in [1.165, 1.54) is 0 Å². The molecule has 0 spiro atoms. The van der Waals surface area contributed by atoms with E-state index in [1.807, 2.05) is 24.3 Å². The highest BCUT2D eigenvalue weighted by Gasteiger charge is 2.24. The van der Waals surface area contributed by atoms with E-state index in [9.17, 15) is 0 Å². The van der Waals surface area contributed by atoms with Crippen LogP contribution in [0.5, 0.6) is 23.0 Å². The second-order valence-corrected chi connectivity index (χ2v) is 10.4. The van der Waals surface area contributed by atoms with Crippen molar-refractivity contribution in [2.45, 2.75) is 13.8 Å². The number of rotatable bonds is 7. The minimum absolute atomic E-state index is 0.648. The van der Waals surface area contributed by atoms with E-state index in [-0.39, 0.29) is 0 Å². The molecule has 6 aromatic rings. The first-order valence-electron chi connectivity index (χ1n) is 13.3. The third kappa shape index (κ3) is 4.35.